The fourth-order valence-electron chi connectivity index (χ4n) is 5.84. The van der Waals surface area contributed by atoms with Crippen molar-refractivity contribution >= 4 is 51.4 Å². The second-order valence-corrected chi connectivity index (χ2v) is 10.7. The monoisotopic (exact) mass is 571 g/mol. The molecule has 1 saturated carbocycles. The smallest absolute Gasteiger partial charge is 0.357 e. The third-order valence-corrected chi connectivity index (χ3v) is 8.49. The van der Waals surface area contributed by atoms with Crippen molar-refractivity contribution < 1.29 is 49.4 Å². The molecule has 1 aromatic heterocycles. The Morgan fingerprint density at radius 1 is 1.25 bits per heavy atom. The van der Waals surface area contributed by atoms with Crippen LogP contribution in [-0.2, 0) is 19.1 Å². The van der Waals surface area contributed by atoms with Crippen molar-refractivity contribution in [2.75, 3.05) is 11.9 Å². The highest BCUT2D eigenvalue weighted by atomic mass is 32.1. The molecule has 0 bridgehead atoms. The zero-order valence-corrected chi connectivity index (χ0v) is 22.0. The van der Waals surface area contributed by atoms with Crippen LogP contribution in [0.25, 0.3) is 5.76 Å². The van der Waals surface area contributed by atoms with Crippen LogP contribution in [0.1, 0.15) is 47.8 Å². The van der Waals surface area contributed by atoms with Gasteiger partial charge in [0.05, 0.1) is 24.0 Å². The number of hydrogen-bond acceptors (Lipinski definition) is 13. The van der Waals surface area contributed by atoms with Crippen LogP contribution in [0.2, 0.25) is 0 Å². The summed E-state index contributed by atoms with van der Waals surface area (Å²) in [6, 6.07) is 3.04. The number of carbonyl (C=O) groups is 4. The van der Waals surface area contributed by atoms with Crippen LogP contribution in [0.3, 0.4) is 0 Å². The number of esters is 1. The third kappa shape index (κ3) is 3.71. The normalized spacial score (nSPS) is 27.6. The van der Waals surface area contributed by atoms with Crippen molar-refractivity contribution in [3.8, 4) is 5.75 Å². The molecule has 0 radical (unpaired) electrons. The van der Waals surface area contributed by atoms with Gasteiger partial charge in [0, 0.05) is 29.2 Å². The topological polar surface area (TPSA) is 230 Å². The average molecular weight is 572 g/mol. The molecule has 1 heterocycles. The number of aliphatic hydroxyl groups is 4. The molecular weight excluding hydrogens is 546 g/mol. The predicted octanol–water partition coefficient (Wildman–Crippen LogP) is 1.33. The van der Waals surface area contributed by atoms with Gasteiger partial charge in [0.2, 0.25) is 5.78 Å². The lowest BCUT2D eigenvalue weighted by Gasteiger charge is -2.50. The molecular formula is C26H25N3O10S. The number of Topliss-reactive ketones (excluding diaryl/α,β-unsaturated/α-hetero) is 2. The number of ether oxygens (including phenoxy) is 1. The lowest BCUT2D eigenvalue weighted by molar-refractivity contribution is -0.160. The van der Waals surface area contributed by atoms with Crippen molar-refractivity contribution in [2.45, 2.75) is 37.9 Å². The first-order chi connectivity index (χ1) is 18.8. The number of nitrogens with zero attached hydrogens (tertiary/aromatic N) is 1. The molecule has 0 spiro atoms. The maximum atomic E-state index is 13.7. The SMILES string of the molecule is CCOC(=O)c1csc(Nc2ccc3c(c2O)C(O)=C2C(=O)[C@]4(O)C(O)=C(C(N)=O)C(=O)C[C@@H]4[C@@H](O)[C@@H]2[C@H]3C)n1. The van der Waals surface area contributed by atoms with Crippen molar-refractivity contribution in [2.24, 2.45) is 17.6 Å². The number of thiazole rings is 1. The summed E-state index contributed by atoms with van der Waals surface area (Å²) in [5, 5.41) is 60.3. The van der Waals surface area contributed by atoms with E-state index < -0.39 is 87.7 Å². The minimum absolute atomic E-state index is 0.0481. The molecule has 1 fully saturated rings. The minimum Gasteiger partial charge on any atom is -0.508 e. The van der Waals surface area contributed by atoms with Gasteiger partial charge in [-0.2, -0.15) is 0 Å². The van der Waals surface area contributed by atoms with Crippen LogP contribution in [0.15, 0.2) is 34.4 Å². The van der Waals surface area contributed by atoms with E-state index in [1.807, 2.05) is 0 Å². The van der Waals surface area contributed by atoms with E-state index in [2.05, 4.69) is 10.3 Å². The Kier molecular flexibility index (Phi) is 6.44. The zero-order chi connectivity index (χ0) is 29.3. The summed E-state index contributed by atoms with van der Waals surface area (Å²) in [4.78, 5) is 54.1. The number of amides is 1. The number of aromatic nitrogens is 1. The van der Waals surface area contributed by atoms with E-state index in [0.29, 0.717) is 5.56 Å². The molecule has 0 aliphatic heterocycles. The van der Waals surface area contributed by atoms with E-state index in [1.165, 1.54) is 11.4 Å². The molecule has 5 rings (SSSR count). The molecule has 2 aromatic rings. The first-order valence-corrected chi connectivity index (χ1v) is 13.1. The number of aliphatic hydroxyl groups excluding tert-OH is 3. The van der Waals surface area contributed by atoms with Crippen LogP contribution >= 0.6 is 11.3 Å². The Bertz CT molecular complexity index is 1560. The van der Waals surface area contributed by atoms with E-state index in [9.17, 15) is 44.7 Å². The quantitative estimate of drug-likeness (QED) is 0.153. The van der Waals surface area contributed by atoms with E-state index >= 15 is 0 Å². The summed E-state index contributed by atoms with van der Waals surface area (Å²) in [5.74, 6) is -10.0. The predicted molar refractivity (Wildman–Crippen MR) is 139 cm³/mol. The summed E-state index contributed by atoms with van der Waals surface area (Å²) in [6.45, 7) is 3.44. The number of nitrogens with two attached hydrogens (primary N) is 1. The molecule has 0 saturated heterocycles. The standard InChI is InChI=1S/C26H25N3O10S/c1-3-39-24(37)12-7-40-25(29-12)28-11-5-4-9-8(2)14-17(20(33)15(9)19(11)32)22(35)26(38)10(18(14)31)6-13(30)16(21(26)34)23(27)36/h4-5,7-8,10,14,18,31-34,38H,3,6H2,1-2H3,(H2,27,36)(H,28,29)/t8-,10+,14+,18+,26+/m0/s1. The van der Waals surface area contributed by atoms with E-state index in [0.717, 1.165) is 11.3 Å². The van der Waals surface area contributed by atoms with Gasteiger partial charge in [-0.3, -0.25) is 14.4 Å². The molecule has 3 aliphatic rings. The lowest BCUT2D eigenvalue weighted by Crippen LogP contribution is -2.63. The number of phenolic OH excluding ortho intramolecular Hbond substituents is 1. The molecule has 13 nitrogen and oxygen atoms in total. The van der Waals surface area contributed by atoms with Crippen LogP contribution in [-0.4, -0.2) is 72.3 Å². The number of fused-ring (bicyclic) bond motifs is 3. The van der Waals surface area contributed by atoms with Crippen LogP contribution in [0, 0.1) is 11.8 Å². The van der Waals surface area contributed by atoms with Crippen LogP contribution in [0.5, 0.6) is 5.75 Å². The highest BCUT2D eigenvalue weighted by Crippen LogP contribution is 2.56. The first-order valence-electron chi connectivity index (χ1n) is 12.2. The highest BCUT2D eigenvalue weighted by Gasteiger charge is 2.64. The number of nitrogens with one attached hydrogen (secondary N) is 1. The van der Waals surface area contributed by atoms with E-state index in [1.54, 1.807) is 19.9 Å². The number of aromatic hydroxyl groups is 1. The minimum atomic E-state index is -2.91. The zero-order valence-electron chi connectivity index (χ0n) is 21.2. The summed E-state index contributed by atoms with van der Waals surface area (Å²) >= 11 is 1.05. The van der Waals surface area contributed by atoms with Crippen molar-refractivity contribution in [1.29, 1.82) is 0 Å². The maximum Gasteiger partial charge on any atom is 0.357 e. The Morgan fingerprint density at radius 2 is 1.95 bits per heavy atom. The van der Waals surface area contributed by atoms with Gasteiger partial charge in [0.25, 0.3) is 5.91 Å². The number of hydrogen-bond donors (Lipinski definition) is 7. The number of phenols is 1. The van der Waals surface area contributed by atoms with Crippen LogP contribution < -0.4 is 11.1 Å². The van der Waals surface area contributed by atoms with Gasteiger partial charge >= 0.3 is 5.97 Å². The average Bonchev–Trinajstić information content (AvgIpc) is 3.36. The number of ketones is 2. The van der Waals surface area contributed by atoms with Crippen molar-refractivity contribution in [1.82, 2.24) is 4.98 Å². The van der Waals surface area contributed by atoms with E-state index in [-0.39, 0.29) is 28.7 Å². The first kappa shape index (κ1) is 27.3. The molecule has 0 unspecified atom stereocenters. The lowest BCUT2D eigenvalue weighted by atomic mass is 9.55. The van der Waals surface area contributed by atoms with Crippen molar-refractivity contribution in [3.05, 3.63) is 51.2 Å². The van der Waals surface area contributed by atoms with E-state index in [4.69, 9.17) is 10.5 Å². The molecule has 210 valence electrons. The summed E-state index contributed by atoms with van der Waals surface area (Å²) < 4.78 is 4.91. The second-order valence-electron chi connectivity index (χ2n) is 9.79. The van der Waals surface area contributed by atoms with Gasteiger partial charge < -0.3 is 41.3 Å². The molecule has 8 N–H and O–H groups in total. The molecule has 5 atom stereocenters. The number of benzene rings is 1. The van der Waals surface area contributed by atoms with Gasteiger partial charge in [-0.15, -0.1) is 11.3 Å². The van der Waals surface area contributed by atoms with Gasteiger partial charge in [-0.05, 0) is 24.5 Å². The Hall–Kier alpha value is -4.27. The number of anilines is 2. The summed E-state index contributed by atoms with van der Waals surface area (Å²) in [7, 11) is 0. The summed E-state index contributed by atoms with van der Waals surface area (Å²) in [6.07, 6.45) is -2.26. The Labute approximate surface area is 230 Å². The fraction of sp³-hybridized carbons (Fsp3) is 0.346. The fourth-order valence-corrected chi connectivity index (χ4v) is 6.54. The van der Waals surface area contributed by atoms with Gasteiger partial charge in [0.1, 0.15) is 22.8 Å². The Morgan fingerprint density at radius 3 is 2.60 bits per heavy atom. The Balaban J connectivity index is 1.61. The number of rotatable bonds is 5. The highest BCUT2D eigenvalue weighted by molar-refractivity contribution is 7.14. The molecule has 3 aliphatic carbocycles. The molecule has 1 aromatic carbocycles. The molecule has 14 heteroatoms. The molecule has 1 amide bonds. The third-order valence-electron chi connectivity index (χ3n) is 7.73. The van der Waals surface area contributed by atoms with Crippen LogP contribution in [0.4, 0.5) is 10.8 Å². The largest absolute Gasteiger partial charge is 0.508 e. The van der Waals surface area contributed by atoms with Gasteiger partial charge in [-0.1, -0.05) is 13.0 Å². The maximum absolute atomic E-state index is 13.7. The summed E-state index contributed by atoms with van der Waals surface area (Å²) in [5.41, 5.74) is 1.14. The van der Waals surface area contributed by atoms with Gasteiger partial charge in [0.15, 0.2) is 22.2 Å². The molecule has 40 heavy (non-hydrogen) atoms. The van der Waals surface area contributed by atoms with Gasteiger partial charge in [-0.25, -0.2) is 9.78 Å². The number of carbonyl (C=O) groups excluding carboxylic acids is 4. The number of primary amides is 1. The second kappa shape index (κ2) is 9.43. The van der Waals surface area contributed by atoms with Crippen molar-refractivity contribution in [3.63, 3.8) is 0 Å².